The van der Waals surface area contributed by atoms with Crippen LogP contribution in [0, 0.1) is 12.7 Å². The van der Waals surface area contributed by atoms with Crippen molar-refractivity contribution in [1.82, 2.24) is 9.55 Å². The quantitative estimate of drug-likeness (QED) is 0.774. The van der Waals surface area contributed by atoms with Crippen LogP contribution in [-0.2, 0) is 13.0 Å². The van der Waals surface area contributed by atoms with Crippen LogP contribution in [0.4, 0.5) is 4.39 Å². The van der Waals surface area contributed by atoms with Gasteiger partial charge in [0.05, 0.1) is 12.0 Å². The van der Waals surface area contributed by atoms with Gasteiger partial charge in [-0.15, -0.1) is 0 Å². The minimum atomic E-state index is -0.180. The van der Waals surface area contributed by atoms with Gasteiger partial charge in [-0.3, -0.25) is 0 Å². The largest absolute Gasteiger partial charge is 0.333 e. The van der Waals surface area contributed by atoms with E-state index in [4.69, 9.17) is 0 Å². The molecule has 3 heteroatoms. The normalized spacial score (nSPS) is 10.7. The molecule has 1 aromatic heterocycles. The van der Waals surface area contributed by atoms with Crippen LogP contribution in [0.2, 0.25) is 0 Å². The van der Waals surface area contributed by atoms with Gasteiger partial charge < -0.3 is 4.57 Å². The molecule has 0 saturated heterocycles. The van der Waals surface area contributed by atoms with E-state index < -0.39 is 0 Å². The predicted molar refractivity (Wildman–Crippen MR) is 61.8 cm³/mol. The number of hydrogen-bond acceptors (Lipinski definition) is 1. The summed E-state index contributed by atoms with van der Waals surface area (Å²) < 4.78 is 15.0. The SMILES string of the molecule is CCc1cn(Cc2ccc(F)cc2C)cn1. The van der Waals surface area contributed by atoms with E-state index in [0.29, 0.717) is 0 Å². The summed E-state index contributed by atoms with van der Waals surface area (Å²) in [5, 5.41) is 0. The van der Waals surface area contributed by atoms with Crippen molar-refractivity contribution in [2.45, 2.75) is 26.8 Å². The minimum Gasteiger partial charge on any atom is -0.333 e. The van der Waals surface area contributed by atoms with Crippen LogP contribution in [0.3, 0.4) is 0 Å². The maximum Gasteiger partial charge on any atom is 0.123 e. The molecular weight excluding hydrogens is 203 g/mol. The number of hydrogen-bond donors (Lipinski definition) is 0. The number of aromatic nitrogens is 2. The van der Waals surface area contributed by atoms with E-state index in [2.05, 4.69) is 11.9 Å². The van der Waals surface area contributed by atoms with Crippen molar-refractivity contribution in [3.63, 3.8) is 0 Å². The highest BCUT2D eigenvalue weighted by atomic mass is 19.1. The Morgan fingerprint density at radius 3 is 2.81 bits per heavy atom. The van der Waals surface area contributed by atoms with E-state index in [-0.39, 0.29) is 5.82 Å². The summed E-state index contributed by atoms with van der Waals surface area (Å²) in [4.78, 5) is 4.27. The summed E-state index contributed by atoms with van der Waals surface area (Å²) in [6, 6.07) is 4.89. The summed E-state index contributed by atoms with van der Waals surface area (Å²) in [6.07, 6.45) is 4.79. The van der Waals surface area contributed by atoms with Gasteiger partial charge in [0.15, 0.2) is 0 Å². The first-order valence-electron chi connectivity index (χ1n) is 5.44. The van der Waals surface area contributed by atoms with Gasteiger partial charge in [-0.25, -0.2) is 9.37 Å². The molecule has 2 nitrogen and oxygen atoms in total. The Labute approximate surface area is 94.8 Å². The lowest BCUT2D eigenvalue weighted by molar-refractivity contribution is 0.624. The third-order valence-electron chi connectivity index (χ3n) is 2.71. The Bertz CT molecular complexity index is 488. The first-order chi connectivity index (χ1) is 7.69. The third kappa shape index (κ3) is 2.30. The molecule has 2 rings (SSSR count). The molecule has 1 aromatic carbocycles. The first kappa shape index (κ1) is 10.9. The van der Waals surface area contributed by atoms with Gasteiger partial charge in [0.1, 0.15) is 5.82 Å². The second kappa shape index (κ2) is 4.47. The van der Waals surface area contributed by atoms with Crippen molar-refractivity contribution in [2.75, 3.05) is 0 Å². The summed E-state index contributed by atoms with van der Waals surface area (Å²) in [6.45, 7) is 4.75. The van der Waals surface area contributed by atoms with Crippen molar-refractivity contribution in [3.05, 3.63) is 53.4 Å². The number of benzene rings is 1. The fraction of sp³-hybridized carbons (Fsp3) is 0.308. The lowest BCUT2D eigenvalue weighted by Crippen LogP contribution is -1.99. The van der Waals surface area contributed by atoms with Gasteiger partial charge in [0.2, 0.25) is 0 Å². The van der Waals surface area contributed by atoms with Gasteiger partial charge >= 0.3 is 0 Å². The molecule has 0 saturated carbocycles. The second-order valence-corrected chi connectivity index (χ2v) is 3.96. The van der Waals surface area contributed by atoms with Gasteiger partial charge in [-0.05, 0) is 36.6 Å². The van der Waals surface area contributed by atoms with Crippen molar-refractivity contribution >= 4 is 0 Å². The number of imidazole rings is 1. The molecule has 0 amide bonds. The van der Waals surface area contributed by atoms with Crippen LogP contribution < -0.4 is 0 Å². The first-order valence-corrected chi connectivity index (χ1v) is 5.44. The van der Waals surface area contributed by atoms with E-state index in [0.717, 1.165) is 29.8 Å². The molecule has 1 heterocycles. The van der Waals surface area contributed by atoms with Gasteiger partial charge in [-0.1, -0.05) is 13.0 Å². The van der Waals surface area contributed by atoms with Crippen molar-refractivity contribution in [2.24, 2.45) is 0 Å². The Morgan fingerprint density at radius 2 is 2.19 bits per heavy atom. The minimum absolute atomic E-state index is 0.180. The molecule has 0 fully saturated rings. The highest BCUT2D eigenvalue weighted by molar-refractivity contribution is 5.26. The molecule has 0 N–H and O–H groups in total. The molecule has 0 spiro atoms. The van der Waals surface area contributed by atoms with Crippen molar-refractivity contribution in [3.8, 4) is 0 Å². The molecule has 0 unspecified atom stereocenters. The van der Waals surface area contributed by atoms with Crippen LogP contribution in [0.5, 0.6) is 0 Å². The zero-order valence-corrected chi connectivity index (χ0v) is 9.57. The Morgan fingerprint density at radius 1 is 1.38 bits per heavy atom. The van der Waals surface area contributed by atoms with Crippen LogP contribution >= 0.6 is 0 Å². The predicted octanol–water partition coefficient (Wildman–Crippen LogP) is 2.94. The fourth-order valence-corrected chi connectivity index (χ4v) is 1.71. The number of aryl methyl sites for hydroxylation is 2. The Kier molecular flexibility index (Phi) is 3.04. The van der Waals surface area contributed by atoms with E-state index in [1.165, 1.54) is 6.07 Å². The lowest BCUT2D eigenvalue weighted by atomic mass is 10.1. The Hall–Kier alpha value is -1.64. The second-order valence-electron chi connectivity index (χ2n) is 3.96. The topological polar surface area (TPSA) is 17.8 Å². The zero-order chi connectivity index (χ0) is 11.5. The zero-order valence-electron chi connectivity index (χ0n) is 9.57. The molecule has 84 valence electrons. The van der Waals surface area contributed by atoms with E-state index in [1.807, 2.05) is 30.1 Å². The van der Waals surface area contributed by atoms with E-state index in [9.17, 15) is 4.39 Å². The smallest absolute Gasteiger partial charge is 0.123 e. The molecule has 0 aliphatic carbocycles. The van der Waals surface area contributed by atoms with Gasteiger partial charge in [0.25, 0.3) is 0 Å². The summed E-state index contributed by atoms with van der Waals surface area (Å²) >= 11 is 0. The number of nitrogens with zero attached hydrogens (tertiary/aromatic N) is 2. The molecule has 0 bridgehead atoms. The number of rotatable bonds is 3. The van der Waals surface area contributed by atoms with Crippen molar-refractivity contribution < 1.29 is 4.39 Å². The highest BCUT2D eigenvalue weighted by Gasteiger charge is 2.02. The molecule has 0 aliphatic rings. The monoisotopic (exact) mass is 218 g/mol. The maximum atomic E-state index is 12.9. The maximum absolute atomic E-state index is 12.9. The summed E-state index contributed by atoms with van der Waals surface area (Å²) in [5.74, 6) is -0.180. The molecular formula is C13H15FN2. The summed E-state index contributed by atoms with van der Waals surface area (Å²) in [7, 11) is 0. The molecule has 0 atom stereocenters. The highest BCUT2D eigenvalue weighted by Crippen LogP contribution is 2.12. The Balaban J connectivity index is 2.20. The standard InChI is InChI=1S/C13H15FN2/c1-3-13-8-16(9-15-13)7-11-4-5-12(14)6-10(11)2/h4-6,8-9H,3,7H2,1-2H3. The lowest BCUT2D eigenvalue weighted by Gasteiger charge is -2.06. The van der Waals surface area contributed by atoms with Crippen LogP contribution in [0.25, 0.3) is 0 Å². The fourth-order valence-electron chi connectivity index (χ4n) is 1.71. The average Bonchev–Trinajstić information content (AvgIpc) is 2.70. The van der Waals surface area contributed by atoms with Crippen LogP contribution in [0.15, 0.2) is 30.7 Å². The van der Waals surface area contributed by atoms with Crippen LogP contribution in [0.1, 0.15) is 23.7 Å². The van der Waals surface area contributed by atoms with Gasteiger partial charge in [-0.2, -0.15) is 0 Å². The molecule has 16 heavy (non-hydrogen) atoms. The molecule has 2 aromatic rings. The number of halogens is 1. The van der Waals surface area contributed by atoms with E-state index in [1.54, 1.807) is 6.07 Å². The van der Waals surface area contributed by atoms with Crippen molar-refractivity contribution in [1.29, 1.82) is 0 Å². The molecule has 0 aliphatic heterocycles. The van der Waals surface area contributed by atoms with Crippen LogP contribution in [-0.4, -0.2) is 9.55 Å². The van der Waals surface area contributed by atoms with Gasteiger partial charge in [0, 0.05) is 12.7 Å². The molecule has 0 radical (unpaired) electrons. The average molecular weight is 218 g/mol. The van der Waals surface area contributed by atoms with E-state index >= 15 is 0 Å². The third-order valence-corrected chi connectivity index (χ3v) is 2.71. The summed E-state index contributed by atoms with van der Waals surface area (Å²) in [5.41, 5.74) is 3.19.